The minimum atomic E-state index is -0.294. The van der Waals surface area contributed by atoms with Crippen molar-refractivity contribution in [2.75, 3.05) is 29.6 Å². The van der Waals surface area contributed by atoms with E-state index in [-0.39, 0.29) is 11.7 Å². The van der Waals surface area contributed by atoms with Crippen molar-refractivity contribution in [3.63, 3.8) is 0 Å². The number of carbonyl (C=O) groups is 1. The van der Waals surface area contributed by atoms with E-state index in [1.165, 1.54) is 12.1 Å². The molecule has 0 aromatic heterocycles. The molecule has 0 bridgehead atoms. The van der Waals surface area contributed by atoms with Gasteiger partial charge in [0.2, 0.25) is 0 Å². The predicted molar refractivity (Wildman–Crippen MR) is 142 cm³/mol. The smallest absolute Gasteiger partial charge is 0.255 e. The number of hydrazine groups is 1. The Balaban J connectivity index is 0.000000945. The molecule has 34 heavy (non-hydrogen) atoms. The highest BCUT2D eigenvalue weighted by Gasteiger charge is 2.10. The Bertz CT molecular complexity index is 1050. The average Bonchev–Trinajstić information content (AvgIpc) is 2.86. The van der Waals surface area contributed by atoms with Crippen molar-refractivity contribution >= 4 is 23.0 Å². The second-order valence-corrected chi connectivity index (χ2v) is 7.73. The van der Waals surface area contributed by atoms with E-state index in [1.807, 2.05) is 24.3 Å². The summed E-state index contributed by atoms with van der Waals surface area (Å²) in [4.78, 5) is 12.7. The Morgan fingerprint density at radius 3 is 2.18 bits per heavy atom. The van der Waals surface area contributed by atoms with Gasteiger partial charge in [0.15, 0.2) is 0 Å². The van der Waals surface area contributed by atoms with E-state index < -0.39 is 0 Å². The Morgan fingerprint density at radius 1 is 1.00 bits per heavy atom. The molecule has 3 aromatic rings. The number of nitrogens with one attached hydrogen (secondary N) is 2. The summed E-state index contributed by atoms with van der Waals surface area (Å²) in [6.45, 7) is 11.6. The van der Waals surface area contributed by atoms with Crippen LogP contribution in [0.5, 0.6) is 0 Å². The Labute approximate surface area is 202 Å². The average molecular weight is 463 g/mol. The zero-order valence-corrected chi connectivity index (χ0v) is 20.3. The minimum Gasteiger partial charge on any atom is -0.397 e. The molecule has 180 valence electrons. The van der Waals surface area contributed by atoms with E-state index in [9.17, 15) is 9.18 Å². The molecule has 3 rings (SSSR count). The Morgan fingerprint density at radius 2 is 1.62 bits per heavy atom. The fourth-order valence-corrected chi connectivity index (χ4v) is 3.12. The number of hydrogen-bond donors (Lipinski definition) is 3. The van der Waals surface area contributed by atoms with Crippen molar-refractivity contribution in [2.45, 2.75) is 33.6 Å². The maximum Gasteiger partial charge on any atom is 0.255 e. The van der Waals surface area contributed by atoms with Crippen molar-refractivity contribution in [1.29, 1.82) is 0 Å². The van der Waals surface area contributed by atoms with Crippen LogP contribution in [0.25, 0.3) is 11.1 Å². The molecule has 0 aliphatic carbocycles. The van der Waals surface area contributed by atoms with Gasteiger partial charge in [-0.15, -0.1) is 6.58 Å². The molecule has 0 radical (unpaired) electrons. The van der Waals surface area contributed by atoms with Gasteiger partial charge in [0.25, 0.3) is 5.91 Å². The molecule has 0 fully saturated rings. The summed E-state index contributed by atoms with van der Waals surface area (Å²) in [7, 11) is 0. The molecular weight excluding hydrogens is 427 g/mol. The molecule has 1 amide bonds. The Kier molecular flexibility index (Phi) is 10.8. The molecular formula is C28H35FN4O. The lowest BCUT2D eigenvalue weighted by Gasteiger charge is -2.22. The van der Waals surface area contributed by atoms with Crippen LogP contribution in [0.1, 0.15) is 44.0 Å². The van der Waals surface area contributed by atoms with Crippen LogP contribution in [0.15, 0.2) is 79.4 Å². The van der Waals surface area contributed by atoms with E-state index in [2.05, 4.69) is 43.1 Å². The standard InChI is InChI=1S/C24H27FN4O.C4H8/c1-3-15-29(4-2)28-21-12-7-18(8-13-21)24(30)27-23-16-19(9-14-22(23)26)17-5-10-20(25)11-6-17;1-3-4-2/h5-14,16,28H,3-4,15,26H2,1-2H3,(H,27,30);3H,1,4H2,2H3. The molecule has 5 nitrogen and oxygen atoms in total. The van der Waals surface area contributed by atoms with Crippen LogP contribution in [0.4, 0.5) is 21.5 Å². The number of benzene rings is 3. The number of carbonyl (C=O) groups excluding carboxylic acids is 1. The van der Waals surface area contributed by atoms with E-state index in [1.54, 1.807) is 36.4 Å². The Hall–Kier alpha value is -3.64. The second-order valence-electron chi connectivity index (χ2n) is 7.73. The third-order valence-electron chi connectivity index (χ3n) is 5.08. The fourth-order valence-electron chi connectivity index (χ4n) is 3.12. The van der Waals surface area contributed by atoms with Crippen LogP contribution in [0.3, 0.4) is 0 Å². The highest BCUT2D eigenvalue weighted by molar-refractivity contribution is 6.06. The molecule has 0 aliphatic heterocycles. The molecule has 3 aromatic carbocycles. The topological polar surface area (TPSA) is 70.4 Å². The van der Waals surface area contributed by atoms with Crippen LogP contribution in [0, 0.1) is 5.82 Å². The number of nitrogens with zero attached hydrogens (tertiary/aromatic N) is 1. The molecule has 0 aliphatic rings. The molecule has 0 unspecified atom stereocenters. The van der Waals surface area contributed by atoms with Crippen LogP contribution in [-0.4, -0.2) is 24.0 Å². The monoisotopic (exact) mass is 462 g/mol. The zero-order chi connectivity index (χ0) is 24.9. The van der Waals surface area contributed by atoms with Crippen LogP contribution >= 0.6 is 0 Å². The lowest BCUT2D eigenvalue weighted by molar-refractivity contribution is 0.102. The molecule has 0 spiro atoms. The number of amides is 1. The number of allylic oxidation sites excluding steroid dienone is 1. The van der Waals surface area contributed by atoms with Gasteiger partial charge in [-0.2, -0.15) is 0 Å². The summed E-state index contributed by atoms with van der Waals surface area (Å²) in [5.41, 5.74) is 13.5. The van der Waals surface area contributed by atoms with Gasteiger partial charge in [-0.05, 0) is 72.5 Å². The summed E-state index contributed by atoms with van der Waals surface area (Å²) in [5, 5.41) is 4.99. The third kappa shape index (κ3) is 8.05. The van der Waals surface area contributed by atoms with Crippen LogP contribution in [-0.2, 0) is 0 Å². The van der Waals surface area contributed by atoms with Crippen molar-refractivity contribution in [2.24, 2.45) is 0 Å². The zero-order valence-electron chi connectivity index (χ0n) is 20.3. The van der Waals surface area contributed by atoms with Crippen molar-refractivity contribution in [3.05, 3.63) is 90.8 Å². The molecule has 6 heteroatoms. The molecule has 0 heterocycles. The van der Waals surface area contributed by atoms with E-state index in [0.29, 0.717) is 16.9 Å². The van der Waals surface area contributed by atoms with Gasteiger partial charge in [-0.3, -0.25) is 4.79 Å². The van der Waals surface area contributed by atoms with Gasteiger partial charge in [0, 0.05) is 24.3 Å². The first kappa shape index (κ1) is 26.6. The van der Waals surface area contributed by atoms with E-state index in [4.69, 9.17) is 5.73 Å². The first-order valence-electron chi connectivity index (χ1n) is 11.6. The third-order valence-corrected chi connectivity index (χ3v) is 5.08. The van der Waals surface area contributed by atoms with Gasteiger partial charge < -0.3 is 16.5 Å². The summed E-state index contributed by atoms with van der Waals surface area (Å²) in [6.07, 6.45) is 4.01. The van der Waals surface area contributed by atoms with Gasteiger partial charge >= 0.3 is 0 Å². The number of halogens is 1. The number of nitrogen functional groups attached to an aromatic ring is 1. The molecule has 0 saturated carbocycles. The van der Waals surface area contributed by atoms with Crippen molar-refractivity contribution in [1.82, 2.24) is 5.01 Å². The minimum absolute atomic E-state index is 0.245. The van der Waals surface area contributed by atoms with Crippen molar-refractivity contribution < 1.29 is 9.18 Å². The maximum atomic E-state index is 13.2. The number of anilines is 3. The summed E-state index contributed by atoms with van der Waals surface area (Å²) in [5.74, 6) is -0.539. The first-order valence-corrected chi connectivity index (χ1v) is 11.6. The van der Waals surface area contributed by atoms with Crippen LogP contribution in [0.2, 0.25) is 0 Å². The number of nitrogens with two attached hydrogens (primary N) is 1. The SMILES string of the molecule is C=CCC.CCCN(CC)Nc1ccc(C(=O)Nc2cc(-c3ccc(F)cc3)ccc2N)cc1. The molecule has 0 saturated heterocycles. The van der Waals surface area contributed by atoms with E-state index >= 15 is 0 Å². The molecule has 4 N–H and O–H groups in total. The number of hydrogen-bond acceptors (Lipinski definition) is 4. The van der Waals surface area contributed by atoms with Gasteiger partial charge in [-0.1, -0.05) is 45.0 Å². The van der Waals surface area contributed by atoms with Crippen molar-refractivity contribution in [3.8, 4) is 11.1 Å². The molecule has 0 atom stereocenters. The lowest BCUT2D eigenvalue weighted by Crippen LogP contribution is -2.30. The largest absolute Gasteiger partial charge is 0.397 e. The second kappa shape index (κ2) is 13.8. The van der Waals surface area contributed by atoms with Gasteiger partial charge in [-0.25, -0.2) is 9.40 Å². The number of rotatable bonds is 9. The van der Waals surface area contributed by atoms with Crippen LogP contribution < -0.4 is 16.5 Å². The normalized spacial score (nSPS) is 10.3. The van der Waals surface area contributed by atoms with E-state index in [0.717, 1.165) is 42.7 Å². The van der Waals surface area contributed by atoms with Gasteiger partial charge in [0.05, 0.1) is 11.4 Å². The quantitative estimate of drug-likeness (QED) is 0.182. The van der Waals surface area contributed by atoms with Gasteiger partial charge in [0.1, 0.15) is 5.82 Å². The highest BCUT2D eigenvalue weighted by Crippen LogP contribution is 2.28. The summed E-state index contributed by atoms with van der Waals surface area (Å²) >= 11 is 0. The summed E-state index contributed by atoms with van der Waals surface area (Å²) < 4.78 is 13.2. The fraction of sp³-hybridized carbons (Fsp3) is 0.250. The highest BCUT2D eigenvalue weighted by atomic mass is 19.1. The predicted octanol–water partition coefficient (Wildman–Crippen LogP) is 6.97. The lowest BCUT2D eigenvalue weighted by atomic mass is 10.0. The summed E-state index contributed by atoms with van der Waals surface area (Å²) in [6, 6.07) is 18.9. The first-order chi connectivity index (χ1) is 16.4. The maximum absolute atomic E-state index is 13.2.